The molecule has 0 amide bonds. The topological polar surface area (TPSA) is 51.9 Å². The van der Waals surface area contributed by atoms with Gasteiger partial charge in [0.05, 0.1) is 5.02 Å². The Morgan fingerprint density at radius 2 is 1.92 bits per heavy atom. The number of esters is 1. The second-order valence-corrected chi connectivity index (χ2v) is 6.43. The van der Waals surface area contributed by atoms with Gasteiger partial charge in [-0.25, -0.2) is 4.79 Å². The maximum Gasteiger partial charge on any atom is 0.374 e. The normalized spacial score (nSPS) is 15.1. The number of carbonyl (C=O) groups is 1. The molecule has 0 saturated carbocycles. The third kappa shape index (κ3) is 5.25. The maximum atomic E-state index is 12.0. The number of carbonyl (C=O) groups excluding carboxylic acids is 1. The summed E-state index contributed by atoms with van der Waals surface area (Å²) in [6.45, 7) is 3.52. The van der Waals surface area contributed by atoms with Gasteiger partial charge in [-0.2, -0.15) is 0 Å². The van der Waals surface area contributed by atoms with Crippen LogP contribution in [0.4, 0.5) is 0 Å². The summed E-state index contributed by atoms with van der Waals surface area (Å²) in [7, 11) is 0. The fraction of sp³-hybridized carbons (Fsp3) is 0.421. The Hall–Kier alpha value is -1.98. The summed E-state index contributed by atoms with van der Waals surface area (Å²) in [5.74, 6) is 0.867. The number of halogens is 1. The van der Waals surface area contributed by atoms with Gasteiger partial charge in [0.25, 0.3) is 0 Å². The van der Waals surface area contributed by atoms with Crippen molar-refractivity contribution in [2.24, 2.45) is 0 Å². The van der Waals surface area contributed by atoms with Crippen LogP contribution < -0.4 is 4.74 Å². The minimum Gasteiger partial charge on any atom is -0.484 e. The summed E-state index contributed by atoms with van der Waals surface area (Å²) < 4.78 is 16.4. The molecule has 1 aliphatic heterocycles. The highest BCUT2D eigenvalue weighted by atomic mass is 35.5. The number of piperidine rings is 1. The lowest BCUT2D eigenvalue weighted by Gasteiger charge is -2.25. The Morgan fingerprint density at radius 3 is 2.72 bits per heavy atom. The van der Waals surface area contributed by atoms with Gasteiger partial charge in [0.15, 0.2) is 0 Å². The summed E-state index contributed by atoms with van der Waals surface area (Å²) in [6, 6.07) is 10.5. The second-order valence-electron chi connectivity index (χ2n) is 6.02. The number of furan rings is 1. The van der Waals surface area contributed by atoms with Gasteiger partial charge in [-0.3, -0.25) is 4.90 Å². The smallest absolute Gasteiger partial charge is 0.374 e. The van der Waals surface area contributed by atoms with Gasteiger partial charge in [-0.1, -0.05) is 30.2 Å². The molecule has 6 heteroatoms. The Labute approximate surface area is 152 Å². The molecule has 0 unspecified atom stereocenters. The zero-order valence-corrected chi connectivity index (χ0v) is 14.8. The fourth-order valence-electron chi connectivity index (χ4n) is 2.80. The predicted molar refractivity (Wildman–Crippen MR) is 95.1 cm³/mol. The van der Waals surface area contributed by atoms with E-state index in [4.69, 9.17) is 25.5 Å². The van der Waals surface area contributed by atoms with Crippen LogP contribution in [0.1, 0.15) is 35.6 Å². The Bertz CT molecular complexity index is 694. The number of benzene rings is 1. The quantitative estimate of drug-likeness (QED) is 0.691. The lowest BCUT2D eigenvalue weighted by molar-refractivity contribution is 0.0413. The van der Waals surface area contributed by atoms with Crippen molar-refractivity contribution in [2.75, 3.05) is 26.2 Å². The van der Waals surface area contributed by atoms with Crippen LogP contribution in [-0.2, 0) is 11.3 Å². The summed E-state index contributed by atoms with van der Waals surface area (Å²) in [4.78, 5) is 14.4. The largest absolute Gasteiger partial charge is 0.484 e. The molecule has 0 bridgehead atoms. The lowest BCUT2D eigenvalue weighted by Crippen LogP contribution is -2.33. The Morgan fingerprint density at radius 1 is 1.12 bits per heavy atom. The summed E-state index contributed by atoms with van der Waals surface area (Å²) in [6.07, 6.45) is 3.74. The van der Waals surface area contributed by atoms with E-state index in [2.05, 4.69) is 4.90 Å². The third-order valence-electron chi connectivity index (χ3n) is 4.16. The van der Waals surface area contributed by atoms with Crippen LogP contribution in [0.15, 0.2) is 40.8 Å². The van der Waals surface area contributed by atoms with E-state index >= 15 is 0 Å². The number of hydrogen-bond acceptors (Lipinski definition) is 5. The van der Waals surface area contributed by atoms with Crippen LogP contribution in [-0.4, -0.2) is 37.1 Å². The van der Waals surface area contributed by atoms with Crippen molar-refractivity contribution in [3.63, 3.8) is 0 Å². The summed E-state index contributed by atoms with van der Waals surface area (Å²) in [5, 5.41) is 0.534. The van der Waals surface area contributed by atoms with Crippen LogP contribution >= 0.6 is 11.6 Å². The molecule has 1 aromatic carbocycles. The van der Waals surface area contributed by atoms with Crippen LogP contribution in [0, 0.1) is 0 Å². The molecule has 2 heterocycles. The van der Waals surface area contributed by atoms with Crippen LogP contribution in [0.3, 0.4) is 0 Å². The highest BCUT2D eigenvalue weighted by Crippen LogP contribution is 2.24. The maximum absolute atomic E-state index is 12.0. The number of para-hydroxylation sites is 1. The number of likely N-dealkylation sites (tertiary alicyclic amines) is 1. The minimum atomic E-state index is -0.444. The van der Waals surface area contributed by atoms with Gasteiger partial charge in [-0.15, -0.1) is 0 Å². The van der Waals surface area contributed by atoms with E-state index in [0.717, 1.165) is 19.6 Å². The van der Waals surface area contributed by atoms with Gasteiger partial charge < -0.3 is 13.9 Å². The SMILES string of the molecule is O=C(OCCN1CCCCC1)c1ccc(COc2ccccc2Cl)o1. The van der Waals surface area contributed by atoms with Crippen molar-refractivity contribution < 1.29 is 18.7 Å². The Balaban J connectivity index is 1.44. The molecule has 0 atom stereocenters. The molecule has 5 nitrogen and oxygen atoms in total. The van der Waals surface area contributed by atoms with Crippen molar-refractivity contribution >= 4 is 17.6 Å². The highest BCUT2D eigenvalue weighted by Gasteiger charge is 2.15. The third-order valence-corrected chi connectivity index (χ3v) is 4.47. The highest BCUT2D eigenvalue weighted by molar-refractivity contribution is 6.32. The van der Waals surface area contributed by atoms with E-state index in [1.807, 2.05) is 12.1 Å². The number of nitrogens with zero attached hydrogens (tertiary/aromatic N) is 1. The molecular formula is C19H22ClNO4. The monoisotopic (exact) mass is 363 g/mol. The number of hydrogen-bond donors (Lipinski definition) is 0. The zero-order chi connectivity index (χ0) is 17.5. The van der Waals surface area contributed by atoms with Gasteiger partial charge >= 0.3 is 5.97 Å². The van der Waals surface area contributed by atoms with Crippen molar-refractivity contribution in [3.05, 3.63) is 52.9 Å². The fourth-order valence-corrected chi connectivity index (χ4v) is 2.99. The number of ether oxygens (including phenoxy) is 2. The molecule has 0 aliphatic carbocycles. The van der Waals surface area contributed by atoms with Gasteiger partial charge in [0.2, 0.25) is 5.76 Å². The van der Waals surface area contributed by atoms with E-state index in [9.17, 15) is 4.79 Å². The first-order valence-electron chi connectivity index (χ1n) is 8.58. The van der Waals surface area contributed by atoms with Crippen LogP contribution in [0.2, 0.25) is 5.02 Å². The van der Waals surface area contributed by atoms with E-state index in [0.29, 0.717) is 23.1 Å². The molecule has 1 aromatic heterocycles. The molecule has 1 fully saturated rings. The zero-order valence-electron chi connectivity index (χ0n) is 14.1. The van der Waals surface area contributed by atoms with Crippen LogP contribution in [0.5, 0.6) is 5.75 Å². The minimum absolute atomic E-state index is 0.191. The van der Waals surface area contributed by atoms with Gasteiger partial charge in [0.1, 0.15) is 24.7 Å². The predicted octanol–water partition coefficient (Wildman–Crippen LogP) is 4.15. The molecule has 25 heavy (non-hydrogen) atoms. The lowest BCUT2D eigenvalue weighted by atomic mass is 10.1. The van der Waals surface area contributed by atoms with E-state index < -0.39 is 5.97 Å². The van der Waals surface area contributed by atoms with Crippen LogP contribution in [0.25, 0.3) is 0 Å². The molecule has 2 aromatic rings. The molecule has 0 spiro atoms. The first-order valence-corrected chi connectivity index (χ1v) is 8.96. The van der Waals surface area contributed by atoms with E-state index in [1.165, 1.54) is 19.3 Å². The summed E-state index contributed by atoms with van der Waals surface area (Å²) >= 11 is 6.03. The molecular weight excluding hydrogens is 342 g/mol. The molecule has 3 rings (SSSR count). The summed E-state index contributed by atoms with van der Waals surface area (Å²) in [5.41, 5.74) is 0. The second kappa shape index (κ2) is 8.92. The molecule has 1 aliphatic rings. The average Bonchev–Trinajstić information content (AvgIpc) is 3.11. The average molecular weight is 364 g/mol. The van der Waals surface area contributed by atoms with Gasteiger partial charge in [-0.05, 0) is 50.2 Å². The van der Waals surface area contributed by atoms with Gasteiger partial charge in [0, 0.05) is 6.54 Å². The first-order chi connectivity index (χ1) is 12.2. The van der Waals surface area contributed by atoms with E-state index in [-0.39, 0.29) is 12.4 Å². The standard InChI is InChI=1S/C19H22ClNO4/c20-16-6-2-3-7-17(16)24-14-15-8-9-18(25-15)19(22)23-13-12-21-10-4-1-5-11-21/h2-3,6-9H,1,4-5,10-14H2. The Kier molecular flexibility index (Phi) is 6.36. The number of rotatable bonds is 7. The van der Waals surface area contributed by atoms with Crippen molar-refractivity contribution in [1.82, 2.24) is 4.90 Å². The van der Waals surface area contributed by atoms with Crippen molar-refractivity contribution in [2.45, 2.75) is 25.9 Å². The molecule has 0 N–H and O–H groups in total. The van der Waals surface area contributed by atoms with Crippen molar-refractivity contribution in [3.8, 4) is 5.75 Å². The first kappa shape index (κ1) is 17.8. The van der Waals surface area contributed by atoms with Crippen molar-refractivity contribution in [1.29, 1.82) is 0 Å². The molecule has 0 radical (unpaired) electrons. The van der Waals surface area contributed by atoms with E-state index in [1.54, 1.807) is 24.3 Å². The molecule has 134 valence electrons. The molecule has 1 saturated heterocycles.